The van der Waals surface area contributed by atoms with Gasteiger partial charge in [0.05, 0.1) is 5.56 Å². The number of nitrogens with one attached hydrogen (secondary N) is 1. The number of nitrogens with zero attached hydrogens (tertiary/aromatic N) is 1. The van der Waals surface area contributed by atoms with Crippen LogP contribution in [0.4, 0.5) is 4.39 Å². The quantitative estimate of drug-likeness (QED) is 0.796. The molecule has 19 heavy (non-hydrogen) atoms. The largest absolute Gasteiger partial charge is 0.480 e. The van der Waals surface area contributed by atoms with Crippen LogP contribution in [-0.2, 0) is 9.59 Å². The van der Waals surface area contributed by atoms with Crippen LogP contribution >= 0.6 is 11.8 Å². The topological polar surface area (TPSA) is 90.2 Å². The Balaban J connectivity index is 2.77. The molecule has 5 nitrogen and oxygen atoms in total. The summed E-state index contributed by atoms with van der Waals surface area (Å²) in [6.07, 6.45) is 0. The number of carboxylic acid groups (broad SMARTS) is 1. The maximum atomic E-state index is 12.9. The van der Waals surface area contributed by atoms with Crippen LogP contribution in [0.15, 0.2) is 23.1 Å². The third-order valence-corrected chi connectivity index (χ3v) is 3.31. The van der Waals surface area contributed by atoms with Gasteiger partial charge in [-0.05, 0) is 18.2 Å². The van der Waals surface area contributed by atoms with E-state index in [1.54, 1.807) is 0 Å². The molecule has 100 valence electrons. The van der Waals surface area contributed by atoms with Gasteiger partial charge in [-0.2, -0.15) is 5.26 Å². The lowest BCUT2D eigenvalue weighted by atomic mass is 10.2. The summed E-state index contributed by atoms with van der Waals surface area (Å²) in [4.78, 5) is 22.2. The van der Waals surface area contributed by atoms with Gasteiger partial charge in [0.1, 0.15) is 17.9 Å². The number of amides is 1. The fourth-order valence-corrected chi connectivity index (χ4v) is 2.31. The lowest BCUT2D eigenvalue weighted by molar-refractivity contribution is -0.140. The predicted molar refractivity (Wildman–Crippen MR) is 67.1 cm³/mol. The third-order valence-electron chi connectivity index (χ3n) is 2.14. The minimum atomic E-state index is -1.16. The maximum absolute atomic E-state index is 12.9. The van der Waals surface area contributed by atoms with Crippen LogP contribution in [-0.4, -0.2) is 28.8 Å². The minimum Gasteiger partial charge on any atom is -0.480 e. The average Bonchev–Trinajstić information content (AvgIpc) is 2.34. The van der Waals surface area contributed by atoms with Gasteiger partial charge >= 0.3 is 5.97 Å². The van der Waals surface area contributed by atoms with E-state index >= 15 is 0 Å². The molecule has 1 aromatic rings. The molecule has 1 amide bonds. The highest BCUT2D eigenvalue weighted by Crippen LogP contribution is 2.23. The van der Waals surface area contributed by atoms with E-state index in [9.17, 15) is 14.0 Å². The molecule has 2 N–H and O–H groups in total. The first-order chi connectivity index (χ1) is 8.93. The molecule has 0 saturated heterocycles. The molecule has 0 heterocycles. The number of thioether (sulfide) groups is 1. The summed E-state index contributed by atoms with van der Waals surface area (Å²) in [5.41, 5.74) is 0.136. The molecule has 7 heteroatoms. The van der Waals surface area contributed by atoms with Gasteiger partial charge in [0.15, 0.2) is 0 Å². The molecule has 0 bridgehead atoms. The van der Waals surface area contributed by atoms with Gasteiger partial charge in [-0.25, -0.2) is 9.18 Å². The second kappa shape index (κ2) is 6.75. The predicted octanol–water partition coefficient (Wildman–Crippen LogP) is 1.38. The van der Waals surface area contributed by atoms with Crippen molar-refractivity contribution in [1.82, 2.24) is 5.32 Å². The fourth-order valence-electron chi connectivity index (χ4n) is 1.31. The highest BCUT2D eigenvalue weighted by Gasteiger charge is 2.19. The first-order valence-electron chi connectivity index (χ1n) is 5.26. The molecule has 0 aliphatic carbocycles. The minimum absolute atomic E-state index is 0.0508. The van der Waals surface area contributed by atoms with E-state index in [1.807, 2.05) is 6.07 Å². The molecule has 0 radical (unpaired) electrons. The van der Waals surface area contributed by atoms with E-state index in [1.165, 1.54) is 19.1 Å². The molecule has 0 spiro atoms. The Labute approximate surface area is 113 Å². The number of benzene rings is 1. The number of hydrogen-bond donors (Lipinski definition) is 2. The normalized spacial score (nSPS) is 11.4. The van der Waals surface area contributed by atoms with Crippen molar-refractivity contribution < 1.29 is 19.1 Å². The molecule has 0 fully saturated rings. The number of aliphatic carboxylic acids is 1. The van der Waals surface area contributed by atoms with Gasteiger partial charge in [-0.3, -0.25) is 4.79 Å². The Morgan fingerprint density at radius 3 is 2.79 bits per heavy atom. The van der Waals surface area contributed by atoms with E-state index in [0.717, 1.165) is 17.8 Å². The Morgan fingerprint density at radius 2 is 2.26 bits per heavy atom. The molecule has 0 aliphatic rings. The van der Waals surface area contributed by atoms with Gasteiger partial charge in [-0.1, -0.05) is 0 Å². The summed E-state index contributed by atoms with van der Waals surface area (Å²) >= 11 is 1.07. The standard InChI is InChI=1S/C12H11FN2O3S/c1-7(16)15-10(12(17)18)6-19-11-3-2-9(13)4-8(11)5-14/h2-4,10H,6H2,1H3,(H,15,16)(H,17,18). The van der Waals surface area contributed by atoms with Crippen LogP contribution in [0.5, 0.6) is 0 Å². The molecule has 1 unspecified atom stereocenters. The Morgan fingerprint density at radius 1 is 1.58 bits per heavy atom. The number of halogens is 1. The van der Waals surface area contributed by atoms with E-state index in [2.05, 4.69) is 5.32 Å². The molecule has 1 aromatic carbocycles. The summed E-state index contributed by atoms with van der Waals surface area (Å²) in [6.45, 7) is 1.22. The van der Waals surface area contributed by atoms with Crippen LogP contribution in [0, 0.1) is 17.1 Å². The van der Waals surface area contributed by atoms with Gasteiger partial charge in [0, 0.05) is 17.6 Å². The van der Waals surface area contributed by atoms with Gasteiger partial charge in [0.2, 0.25) is 5.91 Å². The van der Waals surface area contributed by atoms with Crippen molar-refractivity contribution in [3.63, 3.8) is 0 Å². The maximum Gasteiger partial charge on any atom is 0.327 e. The highest BCUT2D eigenvalue weighted by atomic mass is 32.2. The van der Waals surface area contributed by atoms with E-state index in [4.69, 9.17) is 10.4 Å². The Kier molecular flexibility index (Phi) is 5.33. The first-order valence-corrected chi connectivity index (χ1v) is 6.25. The van der Waals surface area contributed by atoms with Gasteiger partial charge in [-0.15, -0.1) is 11.8 Å². The number of carbonyl (C=O) groups is 2. The van der Waals surface area contributed by atoms with Crippen LogP contribution in [0.2, 0.25) is 0 Å². The van der Waals surface area contributed by atoms with Crippen molar-refractivity contribution in [2.24, 2.45) is 0 Å². The van der Waals surface area contributed by atoms with Gasteiger partial charge in [0.25, 0.3) is 0 Å². The third kappa shape index (κ3) is 4.60. The highest BCUT2D eigenvalue weighted by molar-refractivity contribution is 7.99. The lowest BCUT2D eigenvalue weighted by Gasteiger charge is -2.13. The molecule has 0 saturated carbocycles. The Bertz CT molecular complexity index is 542. The van der Waals surface area contributed by atoms with Crippen molar-refractivity contribution in [2.75, 3.05) is 5.75 Å². The summed E-state index contributed by atoms with van der Waals surface area (Å²) in [6, 6.07) is 4.46. The van der Waals surface area contributed by atoms with Crippen LogP contribution in [0.3, 0.4) is 0 Å². The monoisotopic (exact) mass is 282 g/mol. The first kappa shape index (κ1) is 15.0. The molecular weight excluding hydrogens is 271 g/mol. The number of rotatable bonds is 5. The smallest absolute Gasteiger partial charge is 0.327 e. The van der Waals surface area contributed by atoms with Crippen molar-refractivity contribution >= 4 is 23.6 Å². The van der Waals surface area contributed by atoms with E-state index < -0.39 is 23.7 Å². The zero-order valence-electron chi connectivity index (χ0n) is 10.0. The number of nitriles is 1. The molecule has 0 aromatic heterocycles. The van der Waals surface area contributed by atoms with Crippen LogP contribution in [0.1, 0.15) is 12.5 Å². The van der Waals surface area contributed by atoms with Crippen molar-refractivity contribution in [3.8, 4) is 6.07 Å². The summed E-state index contributed by atoms with van der Waals surface area (Å²) in [7, 11) is 0. The van der Waals surface area contributed by atoms with Crippen LogP contribution < -0.4 is 5.32 Å². The van der Waals surface area contributed by atoms with Gasteiger partial charge < -0.3 is 10.4 Å². The molecule has 1 rings (SSSR count). The van der Waals surface area contributed by atoms with Crippen molar-refractivity contribution in [1.29, 1.82) is 5.26 Å². The van der Waals surface area contributed by atoms with Crippen molar-refractivity contribution in [2.45, 2.75) is 17.9 Å². The Hall–Kier alpha value is -2.07. The average molecular weight is 282 g/mol. The number of carboxylic acids is 1. The summed E-state index contributed by atoms with van der Waals surface area (Å²) in [5, 5.41) is 20.0. The van der Waals surface area contributed by atoms with E-state index in [-0.39, 0.29) is 11.3 Å². The second-order valence-electron chi connectivity index (χ2n) is 3.65. The zero-order chi connectivity index (χ0) is 14.4. The summed E-state index contributed by atoms with van der Waals surface area (Å²) < 4.78 is 12.9. The van der Waals surface area contributed by atoms with Crippen molar-refractivity contribution in [3.05, 3.63) is 29.6 Å². The molecule has 0 aliphatic heterocycles. The number of carbonyl (C=O) groups excluding carboxylic acids is 1. The van der Waals surface area contributed by atoms with Crippen LogP contribution in [0.25, 0.3) is 0 Å². The second-order valence-corrected chi connectivity index (χ2v) is 4.72. The molecular formula is C12H11FN2O3S. The molecule has 1 atom stereocenters. The SMILES string of the molecule is CC(=O)NC(CSc1ccc(F)cc1C#N)C(=O)O. The van der Waals surface area contributed by atoms with E-state index in [0.29, 0.717) is 4.90 Å². The lowest BCUT2D eigenvalue weighted by Crippen LogP contribution is -2.41. The summed E-state index contributed by atoms with van der Waals surface area (Å²) in [5.74, 6) is -2.09. The zero-order valence-corrected chi connectivity index (χ0v) is 10.8. The fraction of sp³-hybridized carbons (Fsp3) is 0.250. The number of hydrogen-bond acceptors (Lipinski definition) is 4.